The van der Waals surface area contributed by atoms with Gasteiger partial charge in [0, 0.05) is 5.56 Å². The van der Waals surface area contributed by atoms with Gasteiger partial charge in [-0.05, 0) is 42.2 Å². The van der Waals surface area contributed by atoms with Gasteiger partial charge in [0.05, 0.1) is 6.21 Å². The van der Waals surface area contributed by atoms with Crippen LogP contribution in [0.1, 0.15) is 36.5 Å². The van der Waals surface area contributed by atoms with E-state index in [2.05, 4.69) is 54.3 Å². The fourth-order valence-corrected chi connectivity index (χ4v) is 2.65. The molecule has 1 aromatic heterocycles. The molecule has 0 aliphatic carbocycles. The lowest BCUT2D eigenvalue weighted by atomic mass is 10.0. The van der Waals surface area contributed by atoms with Crippen LogP contribution in [0.3, 0.4) is 0 Å². The zero-order valence-electron chi connectivity index (χ0n) is 15.9. The highest BCUT2D eigenvalue weighted by atomic mass is 16.5. The lowest BCUT2D eigenvalue weighted by Gasteiger charge is -2.15. The fraction of sp³-hybridized carbons (Fsp3) is 0.286. The molecule has 140 valence electrons. The van der Waals surface area contributed by atoms with Crippen molar-refractivity contribution >= 4 is 6.21 Å². The van der Waals surface area contributed by atoms with E-state index < -0.39 is 0 Å². The van der Waals surface area contributed by atoms with E-state index in [4.69, 9.17) is 9.47 Å². The molecular formula is C21H24N4O2. The van der Waals surface area contributed by atoms with E-state index >= 15 is 0 Å². The van der Waals surface area contributed by atoms with Gasteiger partial charge in [-0.25, -0.2) is 4.68 Å². The SMILES string of the molecule is Cc1ccc(C(C)C)c(OCCOc2ccccc2/C=N\n2cnnc2)c1. The fourth-order valence-electron chi connectivity index (χ4n) is 2.65. The first-order chi connectivity index (χ1) is 13.1. The summed E-state index contributed by atoms with van der Waals surface area (Å²) in [5, 5.41) is 11.7. The summed E-state index contributed by atoms with van der Waals surface area (Å²) in [4.78, 5) is 0. The first kappa shape index (κ1) is 18.6. The molecule has 3 rings (SSSR count). The third-order valence-electron chi connectivity index (χ3n) is 4.05. The average molecular weight is 364 g/mol. The monoisotopic (exact) mass is 364 g/mol. The Labute approximate surface area is 159 Å². The molecule has 0 saturated heterocycles. The minimum absolute atomic E-state index is 0.413. The van der Waals surface area contributed by atoms with Crippen LogP contribution in [0.2, 0.25) is 0 Å². The van der Waals surface area contributed by atoms with Crippen LogP contribution < -0.4 is 9.47 Å². The van der Waals surface area contributed by atoms with Crippen LogP contribution in [-0.2, 0) is 0 Å². The number of aromatic nitrogens is 3. The van der Waals surface area contributed by atoms with Crippen LogP contribution in [0.4, 0.5) is 0 Å². The van der Waals surface area contributed by atoms with Crippen LogP contribution in [0, 0.1) is 6.92 Å². The summed E-state index contributed by atoms with van der Waals surface area (Å²) >= 11 is 0. The number of benzene rings is 2. The van der Waals surface area contributed by atoms with Crippen molar-refractivity contribution in [3.05, 3.63) is 71.8 Å². The second-order valence-corrected chi connectivity index (χ2v) is 6.52. The van der Waals surface area contributed by atoms with Crippen molar-refractivity contribution < 1.29 is 9.47 Å². The average Bonchev–Trinajstić information content (AvgIpc) is 3.18. The van der Waals surface area contributed by atoms with E-state index in [1.54, 1.807) is 6.21 Å². The first-order valence-electron chi connectivity index (χ1n) is 8.97. The summed E-state index contributed by atoms with van der Waals surface area (Å²) < 4.78 is 13.4. The minimum atomic E-state index is 0.413. The van der Waals surface area contributed by atoms with Gasteiger partial charge in [0.1, 0.15) is 37.4 Å². The Morgan fingerprint density at radius 3 is 2.44 bits per heavy atom. The molecule has 6 heteroatoms. The Morgan fingerprint density at radius 2 is 1.70 bits per heavy atom. The number of nitrogens with zero attached hydrogens (tertiary/aromatic N) is 4. The zero-order chi connectivity index (χ0) is 19.1. The van der Waals surface area contributed by atoms with E-state index in [1.807, 2.05) is 24.3 Å². The van der Waals surface area contributed by atoms with E-state index in [1.165, 1.54) is 28.5 Å². The molecule has 0 saturated carbocycles. The molecule has 0 unspecified atom stereocenters. The summed E-state index contributed by atoms with van der Waals surface area (Å²) in [7, 11) is 0. The van der Waals surface area contributed by atoms with Crippen LogP contribution >= 0.6 is 0 Å². The van der Waals surface area contributed by atoms with Gasteiger partial charge in [-0.15, -0.1) is 10.2 Å². The molecule has 1 heterocycles. The zero-order valence-corrected chi connectivity index (χ0v) is 15.9. The van der Waals surface area contributed by atoms with Crippen molar-refractivity contribution in [3.8, 4) is 11.5 Å². The second kappa shape index (κ2) is 8.98. The lowest BCUT2D eigenvalue weighted by molar-refractivity contribution is 0.215. The summed E-state index contributed by atoms with van der Waals surface area (Å²) in [6.45, 7) is 7.32. The third kappa shape index (κ3) is 5.17. The van der Waals surface area contributed by atoms with Crippen LogP contribution in [0.25, 0.3) is 0 Å². The van der Waals surface area contributed by atoms with Gasteiger partial charge in [-0.3, -0.25) is 0 Å². The highest BCUT2D eigenvalue weighted by Gasteiger charge is 2.08. The van der Waals surface area contributed by atoms with E-state index in [0.29, 0.717) is 19.1 Å². The maximum atomic E-state index is 5.98. The van der Waals surface area contributed by atoms with Crippen molar-refractivity contribution in [1.29, 1.82) is 0 Å². The summed E-state index contributed by atoms with van der Waals surface area (Å²) in [6.07, 6.45) is 4.78. The van der Waals surface area contributed by atoms with Gasteiger partial charge in [-0.1, -0.05) is 38.1 Å². The van der Waals surface area contributed by atoms with E-state index in [0.717, 1.165) is 17.1 Å². The van der Waals surface area contributed by atoms with Gasteiger partial charge < -0.3 is 9.47 Å². The summed E-state index contributed by atoms with van der Waals surface area (Å²) in [6, 6.07) is 14.1. The Bertz CT molecular complexity index is 889. The van der Waals surface area contributed by atoms with Gasteiger partial charge in [0.15, 0.2) is 0 Å². The molecule has 2 aromatic carbocycles. The summed E-state index contributed by atoms with van der Waals surface area (Å²) in [5.41, 5.74) is 3.28. The molecule has 0 bridgehead atoms. The molecule has 0 atom stereocenters. The predicted molar refractivity (Wildman–Crippen MR) is 106 cm³/mol. The molecule has 0 spiro atoms. The number of ether oxygens (including phenoxy) is 2. The molecule has 3 aromatic rings. The number of rotatable bonds is 8. The molecular weight excluding hydrogens is 340 g/mol. The van der Waals surface area contributed by atoms with E-state index in [9.17, 15) is 0 Å². The highest BCUT2D eigenvalue weighted by molar-refractivity contribution is 5.83. The molecule has 0 aliphatic heterocycles. The number of hydrogen-bond acceptors (Lipinski definition) is 5. The number of aryl methyl sites for hydroxylation is 1. The maximum Gasteiger partial charge on any atom is 0.141 e. The molecule has 0 aliphatic rings. The number of para-hydroxylation sites is 1. The quantitative estimate of drug-likeness (QED) is 0.447. The molecule has 0 N–H and O–H groups in total. The van der Waals surface area contributed by atoms with Gasteiger partial charge >= 0.3 is 0 Å². The highest BCUT2D eigenvalue weighted by Crippen LogP contribution is 2.27. The Kier molecular flexibility index (Phi) is 6.20. The van der Waals surface area contributed by atoms with Crippen LogP contribution in [-0.4, -0.2) is 34.3 Å². The molecule has 0 amide bonds. The predicted octanol–water partition coefficient (Wildman–Crippen LogP) is 4.05. The third-order valence-corrected chi connectivity index (χ3v) is 4.05. The van der Waals surface area contributed by atoms with E-state index in [-0.39, 0.29) is 0 Å². The normalized spacial score (nSPS) is 11.3. The Hall–Kier alpha value is -3.15. The molecule has 0 radical (unpaired) electrons. The van der Waals surface area contributed by atoms with Crippen molar-refractivity contribution in [1.82, 2.24) is 14.9 Å². The van der Waals surface area contributed by atoms with Crippen molar-refractivity contribution in [2.45, 2.75) is 26.7 Å². The standard InChI is InChI=1S/C21H24N4O2/c1-16(2)19-9-8-17(3)12-21(19)27-11-10-26-20-7-5-4-6-18(20)13-24-25-14-22-23-15-25/h4-9,12-16H,10-11H2,1-3H3/b24-13-. The summed E-state index contributed by atoms with van der Waals surface area (Å²) in [5.74, 6) is 2.10. The van der Waals surface area contributed by atoms with Gasteiger partial charge in [0.25, 0.3) is 0 Å². The Balaban J connectivity index is 1.59. The smallest absolute Gasteiger partial charge is 0.141 e. The number of hydrogen-bond donors (Lipinski definition) is 0. The largest absolute Gasteiger partial charge is 0.490 e. The topological polar surface area (TPSA) is 61.5 Å². The maximum absolute atomic E-state index is 5.98. The first-order valence-corrected chi connectivity index (χ1v) is 8.97. The second-order valence-electron chi connectivity index (χ2n) is 6.52. The molecule has 6 nitrogen and oxygen atoms in total. The minimum Gasteiger partial charge on any atom is -0.490 e. The lowest BCUT2D eigenvalue weighted by Crippen LogP contribution is -2.11. The van der Waals surface area contributed by atoms with Crippen LogP contribution in [0.15, 0.2) is 60.2 Å². The van der Waals surface area contributed by atoms with Crippen molar-refractivity contribution in [2.75, 3.05) is 13.2 Å². The molecule has 27 heavy (non-hydrogen) atoms. The Morgan fingerprint density at radius 1 is 1.00 bits per heavy atom. The van der Waals surface area contributed by atoms with Gasteiger partial charge in [0.2, 0.25) is 0 Å². The van der Waals surface area contributed by atoms with Gasteiger partial charge in [-0.2, -0.15) is 5.10 Å². The van der Waals surface area contributed by atoms with Crippen LogP contribution in [0.5, 0.6) is 11.5 Å². The molecule has 0 fully saturated rings. The van der Waals surface area contributed by atoms with Crippen molar-refractivity contribution in [2.24, 2.45) is 5.10 Å². The van der Waals surface area contributed by atoms with Crippen molar-refractivity contribution in [3.63, 3.8) is 0 Å².